The van der Waals surface area contributed by atoms with Gasteiger partial charge in [-0.25, -0.2) is 0 Å². The van der Waals surface area contributed by atoms with Crippen molar-refractivity contribution in [3.63, 3.8) is 0 Å². The van der Waals surface area contributed by atoms with E-state index < -0.39 is 28.6 Å². The van der Waals surface area contributed by atoms with E-state index >= 15 is 0 Å². The summed E-state index contributed by atoms with van der Waals surface area (Å²) in [5.41, 5.74) is -0.740. The molecule has 1 fully saturated rings. The smallest absolute Gasteiger partial charge is 0.326 e. The standard InChI is InChI=1S/C18H12Cl3F3N2O2/c19-12-5-4-10(7-11(12)18(22,23)24)25-17(28)9-6-15(27)26(8-9)14-3-1-2-13(20)16(14)21/h1-5,7,9H,6,8H2,(H,25,28)/t9-/m0/s1. The number of carbonyl (C=O) groups excluding carboxylic acids is 2. The van der Waals surface area contributed by atoms with Gasteiger partial charge in [0.05, 0.1) is 32.2 Å². The Kier molecular flexibility index (Phi) is 5.79. The lowest BCUT2D eigenvalue weighted by molar-refractivity contribution is -0.137. The number of nitrogens with zero attached hydrogens (tertiary/aromatic N) is 1. The van der Waals surface area contributed by atoms with Crippen molar-refractivity contribution in [1.29, 1.82) is 0 Å². The monoisotopic (exact) mass is 450 g/mol. The van der Waals surface area contributed by atoms with Crippen LogP contribution in [0.25, 0.3) is 0 Å². The van der Waals surface area contributed by atoms with Crippen molar-refractivity contribution in [2.75, 3.05) is 16.8 Å². The van der Waals surface area contributed by atoms with E-state index in [0.29, 0.717) is 5.69 Å². The van der Waals surface area contributed by atoms with Gasteiger partial charge in [0, 0.05) is 18.7 Å². The summed E-state index contributed by atoms with van der Waals surface area (Å²) in [7, 11) is 0. The summed E-state index contributed by atoms with van der Waals surface area (Å²) in [4.78, 5) is 26.1. The molecular formula is C18H12Cl3F3N2O2. The van der Waals surface area contributed by atoms with Gasteiger partial charge in [-0.1, -0.05) is 40.9 Å². The molecule has 10 heteroatoms. The molecule has 0 aromatic heterocycles. The van der Waals surface area contributed by atoms with E-state index in [1.54, 1.807) is 18.2 Å². The number of benzene rings is 2. The van der Waals surface area contributed by atoms with E-state index in [1.165, 1.54) is 11.0 Å². The average molecular weight is 452 g/mol. The highest BCUT2D eigenvalue weighted by Crippen LogP contribution is 2.37. The first-order valence-electron chi connectivity index (χ1n) is 8.00. The maximum Gasteiger partial charge on any atom is 0.417 e. The summed E-state index contributed by atoms with van der Waals surface area (Å²) in [6.07, 6.45) is -4.75. The molecule has 0 spiro atoms. The predicted octanol–water partition coefficient (Wildman–Crippen LogP) is 5.66. The van der Waals surface area contributed by atoms with Crippen molar-refractivity contribution >= 4 is 58.0 Å². The summed E-state index contributed by atoms with van der Waals surface area (Å²) in [6, 6.07) is 7.85. The fourth-order valence-corrected chi connectivity index (χ4v) is 3.50. The van der Waals surface area contributed by atoms with Crippen LogP contribution in [0.2, 0.25) is 15.1 Å². The number of anilines is 2. The number of carbonyl (C=O) groups is 2. The van der Waals surface area contributed by atoms with Crippen molar-refractivity contribution < 1.29 is 22.8 Å². The van der Waals surface area contributed by atoms with Crippen molar-refractivity contribution in [2.45, 2.75) is 12.6 Å². The summed E-state index contributed by atoms with van der Waals surface area (Å²) in [5.74, 6) is -1.67. The number of hydrogen-bond donors (Lipinski definition) is 1. The summed E-state index contributed by atoms with van der Waals surface area (Å²) in [6.45, 7) is 0.0322. The van der Waals surface area contributed by atoms with Gasteiger partial charge in [-0.2, -0.15) is 13.2 Å². The molecule has 1 atom stereocenters. The molecule has 0 radical (unpaired) electrons. The first-order valence-corrected chi connectivity index (χ1v) is 9.13. The Morgan fingerprint density at radius 3 is 2.50 bits per heavy atom. The lowest BCUT2D eigenvalue weighted by Gasteiger charge is -2.19. The molecule has 3 rings (SSSR count). The van der Waals surface area contributed by atoms with Gasteiger partial charge in [-0.05, 0) is 30.3 Å². The van der Waals surface area contributed by atoms with Crippen LogP contribution in [0.15, 0.2) is 36.4 Å². The molecule has 2 aromatic carbocycles. The van der Waals surface area contributed by atoms with Crippen LogP contribution in [0.3, 0.4) is 0 Å². The largest absolute Gasteiger partial charge is 0.417 e. The zero-order chi connectivity index (χ0) is 20.6. The molecule has 148 valence electrons. The summed E-state index contributed by atoms with van der Waals surface area (Å²) < 4.78 is 38.9. The van der Waals surface area contributed by atoms with E-state index in [2.05, 4.69) is 5.32 Å². The third kappa shape index (κ3) is 4.21. The van der Waals surface area contributed by atoms with Gasteiger partial charge in [-0.3, -0.25) is 9.59 Å². The quantitative estimate of drug-likeness (QED) is 0.655. The van der Waals surface area contributed by atoms with Gasteiger partial charge < -0.3 is 10.2 Å². The third-order valence-corrected chi connectivity index (χ3v) is 5.40. The Morgan fingerprint density at radius 2 is 1.82 bits per heavy atom. The molecule has 0 aliphatic carbocycles. The highest BCUT2D eigenvalue weighted by Gasteiger charge is 2.37. The van der Waals surface area contributed by atoms with Gasteiger partial charge in [-0.15, -0.1) is 0 Å². The first kappa shape index (κ1) is 20.8. The van der Waals surface area contributed by atoms with Crippen LogP contribution in [0.1, 0.15) is 12.0 Å². The first-order chi connectivity index (χ1) is 13.1. The Balaban J connectivity index is 1.76. The fourth-order valence-electron chi connectivity index (χ4n) is 2.88. The molecule has 4 nitrogen and oxygen atoms in total. The van der Waals surface area contributed by atoms with Gasteiger partial charge in [0.25, 0.3) is 0 Å². The normalized spacial score (nSPS) is 17.1. The highest BCUT2D eigenvalue weighted by atomic mass is 35.5. The Bertz CT molecular complexity index is 950. The molecule has 2 amide bonds. The Labute approximate surface area is 173 Å². The lowest BCUT2D eigenvalue weighted by Crippen LogP contribution is -2.28. The van der Waals surface area contributed by atoms with Gasteiger partial charge in [0.2, 0.25) is 11.8 Å². The van der Waals surface area contributed by atoms with Gasteiger partial charge in [0.15, 0.2) is 0 Å². The highest BCUT2D eigenvalue weighted by molar-refractivity contribution is 6.44. The second-order valence-electron chi connectivity index (χ2n) is 6.16. The molecule has 0 unspecified atom stereocenters. The molecule has 1 aliphatic heterocycles. The minimum absolute atomic E-state index is 0.0322. The molecule has 1 aliphatic rings. The van der Waals surface area contributed by atoms with Crippen LogP contribution in [0.4, 0.5) is 24.5 Å². The maximum absolute atomic E-state index is 13.0. The molecule has 1 heterocycles. The van der Waals surface area contributed by atoms with Crippen LogP contribution in [0, 0.1) is 5.92 Å². The van der Waals surface area contributed by atoms with Crippen LogP contribution in [-0.2, 0) is 15.8 Å². The van der Waals surface area contributed by atoms with Crippen molar-refractivity contribution in [3.8, 4) is 0 Å². The zero-order valence-electron chi connectivity index (χ0n) is 14.0. The Morgan fingerprint density at radius 1 is 1.11 bits per heavy atom. The van der Waals surface area contributed by atoms with Crippen molar-refractivity contribution in [3.05, 3.63) is 57.0 Å². The molecule has 1 saturated heterocycles. The molecule has 0 bridgehead atoms. The molecule has 1 N–H and O–H groups in total. The Hall–Kier alpha value is -1.96. The van der Waals surface area contributed by atoms with Crippen molar-refractivity contribution in [2.24, 2.45) is 5.92 Å². The predicted molar refractivity (Wildman–Crippen MR) is 102 cm³/mol. The molecule has 2 aromatic rings. The van der Waals surface area contributed by atoms with Gasteiger partial charge >= 0.3 is 6.18 Å². The number of halogens is 6. The second kappa shape index (κ2) is 7.81. The van der Waals surface area contributed by atoms with Crippen LogP contribution in [-0.4, -0.2) is 18.4 Å². The number of nitrogens with one attached hydrogen (secondary N) is 1. The van der Waals surface area contributed by atoms with E-state index in [1.807, 2.05) is 0 Å². The second-order valence-corrected chi connectivity index (χ2v) is 7.35. The summed E-state index contributed by atoms with van der Waals surface area (Å²) >= 11 is 17.7. The van der Waals surface area contributed by atoms with E-state index in [9.17, 15) is 22.8 Å². The molecule has 0 saturated carbocycles. The van der Waals surface area contributed by atoms with Crippen LogP contribution >= 0.6 is 34.8 Å². The third-order valence-electron chi connectivity index (χ3n) is 4.26. The fraction of sp³-hybridized carbons (Fsp3) is 0.222. The topological polar surface area (TPSA) is 49.4 Å². The molecule has 28 heavy (non-hydrogen) atoms. The minimum Gasteiger partial charge on any atom is -0.326 e. The SMILES string of the molecule is O=C(Nc1ccc(Cl)c(C(F)(F)F)c1)[C@H]1CC(=O)N(c2cccc(Cl)c2Cl)C1. The molecular weight excluding hydrogens is 440 g/mol. The average Bonchev–Trinajstić information content (AvgIpc) is 3.00. The van der Waals surface area contributed by atoms with E-state index in [-0.39, 0.29) is 34.6 Å². The number of amides is 2. The van der Waals surface area contributed by atoms with Crippen LogP contribution in [0.5, 0.6) is 0 Å². The van der Waals surface area contributed by atoms with Crippen LogP contribution < -0.4 is 10.2 Å². The number of rotatable bonds is 3. The number of hydrogen-bond acceptors (Lipinski definition) is 2. The minimum atomic E-state index is -4.65. The lowest BCUT2D eigenvalue weighted by atomic mass is 10.1. The maximum atomic E-state index is 13.0. The number of alkyl halides is 3. The van der Waals surface area contributed by atoms with E-state index in [0.717, 1.165) is 12.1 Å². The van der Waals surface area contributed by atoms with E-state index in [4.69, 9.17) is 34.8 Å². The zero-order valence-corrected chi connectivity index (χ0v) is 16.3. The van der Waals surface area contributed by atoms with Crippen molar-refractivity contribution in [1.82, 2.24) is 0 Å². The summed E-state index contributed by atoms with van der Waals surface area (Å²) in [5, 5.41) is 2.39. The van der Waals surface area contributed by atoms with Gasteiger partial charge in [0.1, 0.15) is 0 Å².